The van der Waals surface area contributed by atoms with Crippen molar-refractivity contribution in [3.8, 4) is 11.5 Å². The van der Waals surface area contributed by atoms with Crippen molar-refractivity contribution in [3.05, 3.63) is 105 Å². The number of nitro groups is 1. The molecule has 0 heterocycles. The first-order valence-electron chi connectivity index (χ1n) is 9.86. The molecule has 0 aliphatic rings. The second kappa shape index (κ2) is 10.2. The van der Waals surface area contributed by atoms with E-state index in [4.69, 9.17) is 9.47 Å². The topological polar surface area (TPSA) is 78.7 Å². The number of methoxy groups -OCH3 is 1. The zero-order valence-corrected chi connectivity index (χ0v) is 17.4. The van der Waals surface area contributed by atoms with Crippen molar-refractivity contribution >= 4 is 17.5 Å². The van der Waals surface area contributed by atoms with Crippen molar-refractivity contribution in [2.45, 2.75) is 20.0 Å². The van der Waals surface area contributed by atoms with Crippen LogP contribution in [-0.4, -0.2) is 17.8 Å². The lowest BCUT2D eigenvalue weighted by molar-refractivity contribution is -0.385. The van der Waals surface area contributed by atoms with Crippen molar-refractivity contribution in [2.24, 2.45) is 0 Å². The maximum absolute atomic E-state index is 12.5. The van der Waals surface area contributed by atoms with Gasteiger partial charge in [0.25, 0.3) is 5.69 Å². The van der Waals surface area contributed by atoms with E-state index in [2.05, 4.69) is 6.92 Å². The van der Waals surface area contributed by atoms with Crippen LogP contribution in [0.5, 0.6) is 11.5 Å². The van der Waals surface area contributed by atoms with Gasteiger partial charge >= 0.3 is 0 Å². The van der Waals surface area contributed by atoms with Crippen LogP contribution >= 0.6 is 0 Å². The molecule has 0 saturated heterocycles. The molecule has 6 heteroatoms. The van der Waals surface area contributed by atoms with E-state index < -0.39 is 10.7 Å². The normalized spacial score (nSPS) is 10.8. The molecule has 0 N–H and O–H groups in total. The fourth-order valence-electron chi connectivity index (χ4n) is 3.10. The van der Waals surface area contributed by atoms with Crippen LogP contribution < -0.4 is 9.47 Å². The number of para-hydroxylation sites is 1. The van der Waals surface area contributed by atoms with Gasteiger partial charge in [-0.2, -0.15) is 0 Å². The first-order chi connectivity index (χ1) is 15.0. The third-order valence-corrected chi connectivity index (χ3v) is 4.82. The quantitative estimate of drug-likeness (QED) is 0.195. The summed E-state index contributed by atoms with van der Waals surface area (Å²) in [5.74, 6) is 0.996. The first-order valence-corrected chi connectivity index (χ1v) is 9.86. The van der Waals surface area contributed by atoms with E-state index >= 15 is 0 Å². The largest absolute Gasteiger partial charge is 0.496 e. The van der Waals surface area contributed by atoms with Gasteiger partial charge in [0.15, 0.2) is 5.78 Å². The Morgan fingerprint density at radius 1 is 1.06 bits per heavy atom. The van der Waals surface area contributed by atoms with E-state index in [0.717, 1.165) is 23.3 Å². The molecule has 3 rings (SSSR count). The number of nitrogens with zero attached hydrogens (tertiary/aromatic N) is 1. The Labute approximate surface area is 180 Å². The Morgan fingerprint density at radius 2 is 1.81 bits per heavy atom. The number of rotatable bonds is 9. The fourth-order valence-corrected chi connectivity index (χ4v) is 3.10. The average molecular weight is 417 g/mol. The van der Waals surface area contributed by atoms with E-state index in [1.165, 1.54) is 29.8 Å². The summed E-state index contributed by atoms with van der Waals surface area (Å²) in [6, 6.07) is 19.3. The van der Waals surface area contributed by atoms with Gasteiger partial charge in [-0.1, -0.05) is 43.3 Å². The molecule has 158 valence electrons. The molecule has 0 unspecified atom stereocenters. The third kappa shape index (κ3) is 5.57. The summed E-state index contributed by atoms with van der Waals surface area (Å²) in [5, 5.41) is 11.1. The van der Waals surface area contributed by atoms with Crippen LogP contribution in [0, 0.1) is 10.1 Å². The van der Waals surface area contributed by atoms with Gasteiger partial charge in [-0.3, -0.25) is 14.9 Å². The number of benzene rings is 3. The smallest absolute Gasteiger partial charge is 0.280 e. The van der Waals surface area contributed by atoms with E-state index in [0.29, 0.717) is 12.4 Å². The lowest BCUT2D eigenvalue weighted by atomic mass is 10.1. The second-order valence-electron chi connectivity index (χ2n) is 6.83. The van der Waals surface area contributed by atoms with E-state index in [9.17, 15) is 14.9 Å². The van der Waals surface area contributed by atoms with Gasteiger partial charge < -0.3 is 9.47 Å². The Balaban J connectivity index is 1.76. The molecule has 0 saturated carbocycles. The molecule has 6 nitrogen and oxygen atoms in total. The molecule has 0 aliphatic heterocycles. The van der Waals surface area contributed by atoms with Gasteiger partial charge in [0, 0.05) is 11.6 Å². The number of allylic oxidation sites excluding steroid dienone is 1. The molecule has 0 radical (unpaired) electrons. The highest BCUT2D eigenvalue weighted by Gasteiger charge is 2.17. The summed E-state index contributed by atoms with van der Waals surface area (Å²) in [6.45, 7) is 2.40. The number of ether oxygens (including phenoxy) is 2. The summed E-state index contributed by atoms with van der Waals surface area (Å²) in [5.41, 5.74) is 2.65. The van der Waals surface area contributed by atoms with Gasteiger partial charge in [0.05, 0.1) is 17.6 Å². The van der Waals surface area contributed by atoms with E-state index in [-0.39, 0.29) is 11.3 Å². The van der Waals surface area contributed by atoms with Crippen LogP contribution in [0.25, 0.3) is 6.08 Å². The lowest BCUT2D eigenvalue weighted by Gasteiger charge is -2.11. The van der Waals surface area contributed by atoms with Crippen molar-refractivity contribution in [2.75, 3.05) is 7.11 Å². The van der Waals surface area contributed by atoms with E-state index in [1.54, 1.807) is 25.3 Å². The molecule has 3 aromatic carbocycles. The molecule has 31 heavy (non-hydrogen) atoms. The number of carbonyl (C=O) groups is 1. The Morgan fingerprint density at radius 3 is 2.48 bits per heavy atom. The number of ketones is 1. The lowest BCUT2D eigenvalue weighted by Crippen LogP contribution is -2.01. The zero-order chi connectivity index (χ0) is 22.2. The van der Waals surface area contributed by atoms with Gasteiger partial charge in [-0.25, -0.2) is 0 Å². The van der Waals surface area contributed by atoms with Crippen LogP contribution in [0.2, 0.25) is 0 Å². The molecule has 0 aromatic heterocycles. The minimum Gasteiger partial charge on any atom is -0.496 e. The van der Waals surface area contributed by atoms with Gasteiger partial charge in [0.1, 0.15) is 18.1 Å². The van der Waals surface area contributed by atoms with Crippen LogP contribution in [-0.2, 0) is 13.0 Å². The van der Waals surface area contributed by atoms with Crippen LogP contribution in [0.3, 0.4) is 0 Å². The molecule has 0 bridgehead atoms. The summed E-state index contributed by atoms with van der Waals surface area (Å²) < 4.78 is 11.3. The minimum absolute atomic E-state index is 0.0522. The van der Waals surface area contributed by atoms with Crippen LogP contribution in [0.15, 0.2) is 72.8 Å². The molecular formula is C25H23NO5. The SMILES string of the molecule is CCc1ccc(OCc2cc(/C=C/C(=O)c3ccccc3[N+](=O)[O-])ccc2OC)cc1. The zero-order valence-electron chi connectivity index (χ0n) is 17.4. The minimum atomic E-state index is -0.559. The van der Waals surface area contributed by atoms with Crippen molar-refractivity contribution in [1.82, 2.24) is 0 Å². The third-order valence-electron chi connectivity index (χ3n) is 4.82. The highest BCUT2D eigenvalue weighted by atomic mass is 16.6. The molecule has 0 fully saturated rings. The number of aryl methyl sites for hydroxylation is 1. The Hall–Kier alpha value is -3.93. The predicted octanol–water partition coefficient (Wildman–Crippen LogP) is 5.64. The summed E-state index contributed by atoms with van der Waals surface area (Å²) in [6.07, 6.45) is 3.92. The molecule has 3 aromatic rings. The summed E-state index contributed by atoms with van der Waals surface area (Å²) in [7, 11) is 1.59. The number of hydrogen-bond donors (Lipinski definition) is 0. The molecular weight excluding hydrogens is 394 g/mol. The molecule has 0 aliphatic carbocycles. The predicted molar refractivity (Wildman–Crippen MR) is 120 cm³/mol. The molecule has 0 atom stereocenters. The van der Waals surface area contributed by atoms with Gasteiger partial charge in [0.2, 0.25) is 0 Å². The highest BCUT2D eigenvalue weighted by molar-refractivity contribution is 6.09. The Bertz CT molecular complexity index is 1100. The van der Waals surface area contributed by atoms with Gasteiger partial charge in [-0.05, 0) is 54.0 Å². The van der Waals surface area contributed by atoms with E-state index in [1.807, 2.05) is 36.4 Å². The number of carbonyl (C=O) groups excluding carboxylic acids is 1. The monoisotopic (exact) mass is 417 g/mol. The van der Waals surface area contributed by atoms with Crippen LogP contribution in [0.4, 0.5) is 5.69 Å². The number of nitro benzene ring substituents is 1. The summed E-state index contributed by atoms with van der Waals surface area (Å²) in [4.78, 5) is 23.1. The van der Waals surface area contributed by atoms with Crippen LogP contribution in [0.1, 0.15) is 34.0 Å². The van der Waals surface area contributed by atoms with Crippen molar-refractivity contribution < 1.29 is 19.2 Å². The Kier molecular flexibility index (Phi) is 7.17. The fraction of sp³-hybridized carbons (Fsp3) is 0.160. The average Bonchev–Trinajstić information content (AvgIpc) is 2.81. The molecule has 0 amide bonds. The standard InChI is InChI=1S/C25H23NO5/c1-3-18-8-12-21(13-9-18)31-17-20-16-19(11-15-25(20)30-2)10-14-24(27)22-6-4-5-7-23(22)26(28)29/h4-16H,3,17H2,1-2H3/b14-10+. The number of hydrogen-bond acceptors (Lipinski definition) is 5. The molecule has 0 spiro atoms. The first kappa shape index (κ1) is 21.8. The second-order valence-corrected chi connectivity index (χ2v) is 6.83. The van der Waals surface area contributed by atoms with Gasteiger partial charge in [-0.15, -0.1) is 0 Å². The maximum atomic E-state index is 12.5. The van der Waals surface area contributed by atoms with Crippen molar-refractivity contribution in [3.63, 3.8) is 0 Å². The van der Waals surface area contributed by atoms with Crippen molar-refractivity contribution in [1.29, 1.82) is 0 Å². The maximum Gasteiger partial charge on any atom is 0.280 e. The highest BCUT2D eigenvalue weighted by Crippen LogP contribution is 2.24. The summed E-state index contributed by atoms with van der Waals surface area (Å²) >= 11 is 0.